The summed E-state index contributed by atoms with van der Waals surface area (Å²) >= 11 is 0. The summed E-state index contributed by atoms with van der Waals surface area (Å²) in [5, 5.41) is 0. The molecule has 2 aliphatic heterocycles. The molecule has 3 heterocycles. The lowest BCUT2D eigenvalue weighted by Crippen LogP contribution is -2.59. The van der Waals surface area contributed by atoms with E-state index in [1.807, 2.05) is 9.80 Å². The maximum atomic E-state index is 13.5. The highest BCUT2D eigenvalue weighted by Crippen LogP contribution is 2.48. The van der Waals surface area contributed by atoms with Crippen LogP contribution in [0.25, 0.3) is 0 Å². The van der Waals surface area contributed by atoms with Crippen molar-refractivity contribution in [2.45, 2.75) is 62.8 Å². The molecule has 0 aromatic carbocycles. The van der Waals surface area contributed by atoms with Gasteiger partial charge in [0.2, 0.25) is 5.91 Å². The fourth-order valence-corrected chi connectivity index (χ4v) is 6.40. The van der Waals surface area contributed by atoms with Crippen LogP contribution in [-0.2, 0) is 11.0 Å². The Morgan fingerprint density at radius 3 is 2.55 bits per heavy atom. The SMILES string of the molecule is NC1CC2CCCC2[C@H]1C(=O)N1[C@H]2CC[C@H]1CN(c1cc(C(F)(F)F)ccn1)C2. The van der Waals surface area contributed by atoms with Crippen molar-refractivity contribution < 1.29 is 18.0 Å². The van der Waals surface area contributed by atoms with Gasteiger partial charge in [0.15, 0.2) is 0 Å². The lowest BCUT2D eigenvalue weighted by molar-refractivity contribution is -0.140. The Labute approximate surface area is 168 Å². The van der Waals surface area contributed by atoms with E-state index in [1.165, 1.54) is 19.0 Å². The van der Waals surface area contributed by atoms with Crippen LogP contribution in [0.1, 0.15) is 44.1 Å². The number of anilines is 1. The van der Waals surface area contributed by atoms with Crippen molar-refractivity contribution in [1.29, 1.82) is 0 Å². The van der Waals surface area contributed by atoms with E-state index in [4.69, 9.17) is 5.73 Å². The first-order valence-electron chi connectivity index (χ1n) is 10.7. The summed E-state index contributed by atoms with van der Waals surface area (Å²) in [6, 6.07) is 2.13. The first kappa shape index (κ1) is 19.2. The molecular formula is C21H27F3N4O. The van der Waals surface area contributed by atoms with Gasteiger partial charge in [-0.1, -0.05) is 12.8 Å². The predicted molar refractivity (Wildman–Crippen MR) is 102 cm³/mol. The summed E-state index contributed by atoms with van der Waals surface area (Å²) in [6.07, 6.45) is 3.03. The molecule has 1 aromatic rings. The Morgan fingerprint density at radius 2 is 1.86 bits per heavy atom. The molecule has 2 bridgehead atoms. The topological polar surface area (TPSA) is 62.5 Å². The third kappa shape index (κ3) is 3.20. The molecule has 3 unspecified atom stereocenters. The molecule has 2 saturated heterocycles. The Morgan fingerprint density at radius 1 is 1.14 bits per heavy atom. The third-order valence-corrected chi connectivity index (χ3v) is 7.63. The number of alkyl halides is 3. The number of halogens is 3. The number of piperazine rings is 1. The van der Waals surface area contributed by atoms with Crippen LogP contribution in [0.4, 0.5) is 19.0 Å². The summed E-state index contributed by atoms with van der Waals surface area (Å²) in [5.41, 5.74) is 5.71. The van der Waals surface area contributed by atoms with Crippen LogP contribution >= 0.6 is 0 Å². The Kier molecular flexibility index (Phi) is 4.53. The summed E-state index contributed by atoms with van der Waals surface area (Å²) < 4.78 is 39.2. The number of rotatable bonds is 2. The maximum absolute atomic E-state index is 13.5. The van der Waals surface area contributed by atoms with E-state index >= 15 is 0 Å². The minimum atomic E-state index is -4.38. The first-order chi connectivity index (χ1) is 13.8. The number of aromatic nitrogens is 1. The van der Waals surface area contributed by atoms with Gasteiger partial charge in [-0.15, -0.1) is 0 Å². The fraction of sp³-hybridized carbons (Fsp3) is 0.714. The molecule has 158 valence electrons. The third-order valence-electron chi connectivity index (χ3n) is 7.63. The van der Waals surface area contributed by atoms with Crippen LogP contribution < -0.4 is 10.6 Å². The van der Waals surface area contributed by atoms with Crippen LogP contribution in [0.3, 0.4) is 0 Å². The van der Waals surface area contributed by atoms with E-state index in [9.17, 15) is 18.0 Å². The number of amides is 1. The fourth-order valence-electron chi connectivity index (χ4n) is 6.40. The van der Waals surface area contributed by atoms with E-state index in [1.54, 1.807) is 0 Å². The smallest absolute Gasteiger partial charge is 0.352 e. The van der Waals surface area contributed by atoms with Crippen LogP contribution in [0.2, 0.25) is 0 Å². The number of hydrogen-bond acceptors (Lipinski definition) is 4. The largest absolute Gasteiger partial charge is 0.416 e. The molecule has 0 radical (unpaired) electrons. The standard InChI is InChI=1S/C21H27F3N4O/c22-21(23,24)13-6-7-26-18(9-13)27-10-14-4-5-15(11-27)28(14)20(29)19-16-3-1-2-12(16)8-17(19)25/h6-7,9,12,14-17,19H,1-5,8,10-11,25H2/t12?,14-,15-,16?,17?,19+/m0/s1. The minimum Gasteiger partial charge on any atom is -0.352 e. The molecule has 5 nitrogen and oxygen atoms in total. The van der Waals surface area contributed by atoms with Crippen molar-refractivity contribution in [1.82, 2.24) is 9.88 Å². The molecule has 1 amide bonds. The van der Waals surface area contributed by atoms with Gasteiger partial charge in [-0.05, 0) is 49.7 Å². The monoisotopic (exact) mass is 408 g/mol. The van der Waals surface area contributed by atoms with Crippen molar-refractivity contribution in [2.24, 2.45) is 23.5 Å². The second kappa shape index (κ2) is 6.86. The molecule has 2 aliphatic carbocycles. The molecule has 2 saturated carbocycles. The quantitative estimate of drug-likeness (QED) is 0.817. The van der Waals surface area contributed by atoms with Crippen molar-refractivity contribution in [3.63, 3.8) is 0 Å². The van der Waals surface area contributed by atoms with E-state index in [-0.39, 0.29) is 30.0 Å². The molecule has 0 spiro atoms. The van der Waals surface area contributed by atoms with Crippen molar-refractivity contribution in [2.75, 3.05) is 18.0 Å². The van der Waals surface area contributed by atoms with Crippen LogP contribution in [0.5, 0.6) is 0 Å². The van der Waals surface area contributed by atoms with Gasteiger partial charge < -0.3 is 15.5 Å². The van der Waals surface area contributed by atoms with Gasteiger partial charge in [0.05, 0.1) is 11.5 Å². The number of nitrogens with two attached hydrogens (primary N) is 1. The highest BCUT2D eigenvalue weighted by Gasteiger charge is 2.52. The van der Waals surface area contributed by atoms with Crippen molar-refractivity contribution in [3.8, 4) is 0 Å². The number of hydrogen-bond donors (Lipinski definition) is 1. The Bertz CT molecular complexity index is 786. The van der Waals surface area contributed by atoms with Gasteiger partial charge in [0.25, 0.3) is 0 Å². The van der Waals surface area contributed by atoms with Crippen LogP contribution in [0.15, 0.2) is 18.3 Å². The van der Waals surface area contributed by atoms with E-state index in [0.29, 0.717) is 30.7 Å². The first-order valence-corrected chi connectivity index (χ1v) is 10.7. The normalized spacial score (nSPS) is 36.6. The summed E-state index contributed by atoms with van der Waals surface area (Å²) in [4.78, 5) is 21.6. The zero-order valence-corrected chi connectivity index (χ0v) is 16.3. The molecular weight excluding hydrogens is 381 g/mol. The zero-order valence-electron chi connectivity index (χ0n) is 16.3. The summed E-state index contributed by atoms with van der Waals surface area (Å²) in [5.74, 6) is 1.46. The molecule has 1 aromatic heterocycles. The number of fused-ring (bicyclic) bond motifs is 3. The lowest BCUT2D eigenvalue weighted by atomic mass is 9.89. The molecule has 4 aliphatic rings. The number of pyridine rings is 1. The highest BCUT2D eigenvalue weighted by atomic mass is 19.4. The van der Waals surface area contributed by atoms with Gasteiger partial charge in [-0.25, -0.2) is 4.98 Å². The number of carbonyl (C=O) groups is 1. The average molecular weight is 408 g/mol. The van der Waals surface area contributed by atoms with Gasteiger partial charge in [-0.3, -0.25) is 4.79 Å². The van der Waals surface area contributed by atoms with Gasteiger partial charge in [0, 0.05) is 37.4 Å². The lowest BCUT2D eigenvalue weighted by Gasteiger charge is -2.43. The second-order valence-electron chi connectivity index (χ2n) is 9.22. The van der Waals surface area contributed by atoms with Gasteiger partial charge >= 0.3 is 6.18 Å². The molecule has 29 heavy (non-hydrogen) atoms. The zero-order chi connectivity index (χ0) is 20.3. The number of carbonyl (C=O) groups excluding carboxylic acids is 1. The van der Waals surface area contributed by atoms with Crippen LogP contribution in [0, 0.1) is 17.8 Å². The number of nitrogens with zero attached hydrogens (tertiary/aromatic N) is 3. The van der Waals surface area contributed by atoms with Crippen LogP contribution in [-0.4, -0.2) is 47.0 Å². The average Bonchev–Trinajstić information content (AvgIpc) is 3.31. The van der Waals surface area contributed by atoms with E-state index in [0.717, 1.165) is 37.8 Å². The molecule has 4 fully saturated rings. The highest BCUT2D eigenvalue weighted by molar-refractivity contribution is 5.82. The molecule has 2 N–H and O–H groups in total. The molecule has 6 atom stereocenters. The van der Waals surface area contributed by atoms with Crippen molar-refractivity contribution in [3.05, 3.63) is 23.9 Å². The van der Waals surface area contributed by atoms with E-state index < -0.39 is 11.7 Å². The minimum absolute atomic E-state index is 0.0326. The summed E-state index contributed by atoms with van der Waals surface area (Å²) in [6.45, 7) is 1.07. The molecule has 5 rings (SSSR count). The van der Waals surface area contributed by atoms with Gasteiger partial charge in [-0.2, -0.15) is 13.2 Å². The Balaban J connectivity index is 1.34. The van der Waals surface area contributed by atoms with Gasteiger partial charge in [0.1, 0.15) is 5.82 Å². The predicted octanol–water partition coefficient (Wildman–Crippen LogP) is 3.04. The summed E-state index contributed by atoms with van der Waals surface area (Å²) in [7, 11) is 0. The Hall–Kier alpha value is -1.83. The van der Waals surface area contributed by atoms with E-state index in [2.05, 4.69) is 4.98 Å². The second-order valence-corrected chi connectivity index (χ2v) is 9.22. The molecule has 8 heteroatoms. The maximum Gasteiger partial charge on any atom is 0.416 e. The van der Waals surface area contributed by atoms with Crippen molar-refractivity contribution >= 4 is 11.7 Å².